The second-order valence-electron chi connectivity index (χ2n) is 3.99. The van der Waals surface area contributed by atoms with Crippen LogP contribution in [0.4, 0.5) is 0 Å². The minimum absolute atomic E-state index is 0.334. The van der Waals surface area contributed by atoms with E-state index < -0.39 is 0 Å². The highest BCUT2D eigenvalue weighted by Gasteiger charge is 2.22. The summed E-state index contributed by atoms with van der Waals surface area (Å²) in [6.07, 6.45) is 4.93. The van der Waals surface area contributed by atoms with Crippen molar-refractivity contribution < 1.29 is 0 Å². The molecule has 0 nitrogen and oxygen atoms in total. The first-order valence-electron chi connectivity index (χ1n) is 5.68. The van der Waals surface area contributed by atoms with Crippen LogP contribution < -0.4 is 0 Å². The number of halogens is 3. The molecule has 1 aromatic heterocycles. The fourth-order valence-corrected chi connectivity index (χ4v) is 4.65. The van der Waals surface area contributed by atoms with E-state index in [2.05, 4.69) is 29.8 Å². The Morgan fingerprint density at radius 3 is 2.50 bits per heavy atom. The topological polar surface area (TPSA) is 0 Å². The Bertz CT molecular complexity index is 325. The van der Waals surface area contributed by atoms with Gasteiger partial charge in [-0.2, -0.15) is 0 Å². The summed E-state index contributed by atoms with van der Waals surface area (Å²) in [6, 6.07) is 1.99. The van der Waals surface area contributed by atoms with Gasteiger partial charge in [0.25, 0.3) is 0 Å². The molecule has 1 aromatic rings. The molecule has 0 aromatic carbocycles. The smallest absolute Gasteiger partial charge is 0.0987 e. The van der Waals surface area contributed by atoms with Gasteiger partial charge in [0, 0.05) is 4.83 Å². The van der Waals surface area contributed by atoms with Gasteiger partial charge in [-0.05, 0) is 24.0 Å². The van der Waals surface area contributed by atoms with E-state index in [1.165, 1.54) is 37.0 Å². The number of hydrogen-bond acceptors (Lipinski definition) is 1. The van der Waals surface area contributed by atoms with Crippen molar-refractivity contribution >= 4 is 50.5 Å². The summed E-state index contributed by atoms with van der Waals surface area (Å²) in [5.41, 5.74) is 1.15. The van der Waals surface area contributed by atoms with Crippen molar-refractivity contribution in [3.63, 3.8) is 0 Å². The Labute approximate surface area is 120 Å². The third-order valence-corrected chi connectivity index (χ3v) is 5.61. The molecule has 0 aliphatic rings. The van der Waals surface area contributed by atoms with Crippen LogP contribution in [-0.4, -0.2) is 0 Å². The standard InChI is InChI=1S/C12H17BrCl2S/c1-3-5-6-8(4-2)11(13)9-7-10(14)16-12(9)15/h7-8,11H,3-6H2,1-2H3. The summed E-state index contributed by atoms with van der Waals surface area (Å²) in [7, 11) is 0. The Kier molecular flexibility index (Phi) is 6.72. The van der Waals surface area contributed by atoms with Crippen LogP contribution in [0.3, 0.4) is 0 Å². The molecular weight excluding hydrogens is 327 g/mol. The van der Waals surface area contributed by atoms with Crippen LogP contribution in [0.15, 0.2) is 6.07 Å². The zero-order chi connectivity index (χ0) is 12.1. The normalized spacial score (nSPS) is 15.1. The van der Waals surface area contributed by atoms with E-state index in [1.807, 2.05) is 6.07 Å². The van der Waals surface area contributed by atoms with Gasteiger partial charge in [0.2, 0.25) is 0 Å². The molecule has 0 radical (unpaired) electrons. The molecule has 0 aliphatic heterocycles. The first kappa shape index (κ1) is 14.8. The molecule has 0 amide bonds. The summed E-state index contributed by atoms with van der Waals surface area (Å²) in [5.74, 6) is 0.642. The molecule has 0 saturated heterocycles. The monoisotopic (exact) mass is 342 g/mol. The number of alkyl halides is 1. The van der Waals surface area contributed by atoms with Crippen molar-refractivity contribution in [2.75, 3.05) is 0 Å². The molecule has 2 unspecified atom stereocenters. The van der Waals surface area contributed by atoms with E-state index in [0.29, 0.717) is 10.7 Å². The van der Waals surface area contributed by atoms with Gasteiger partial charge in [-0.3, -0.25) is 0 Å². The summed E-state index contributed by atoms with van der Waals surface area (Å²) >= 11 is 17.4. The van der Waals surface area contributed by atoms with Crippen LogP contribution in [-0.2, 0) is 0 Å². The quantitative estimate of drug-likeness (QED) is 0.503. The molecule has 1 heterocycles. The van der Waals surface area contributed by atoms with Gasteiger partial charge >= 0.3 is 0 Å². The molecule has 0 saturated carbocycles. The predicted molar refractivity (Wildman–Crippen MR) is 79.3 cm³/mol. The van der Waals surface area contributed by atoms with Crippen molar-refractivity contribution in [2.24, 2.45) is 5.92 Å². The van der Waals surface area contributed by atoms with E-state index in [1.54, 1.807) is 0 Å². The molecule has 0 N–H and O–H groups in total. The summed E-state index contributed by atoms with van der Waals surface area (Å²) in [5, 5.41) is 0. The zero-order valence-electron chi connectivity index (χ0n) is 9.60. The van der Waals surface area contributed by atoms with Crippen LogP contribution in [0.1, 0.15) is 49.9 Å². The van der Waals surface area contributed by atoms with E-state index >= 15 is 0 Å². The Balaban J connectivity index is 2.74. The molecular formula is C12H17BrCl2S. The molecule has 16 heavy (non-hydrogen) atoms. The molecule has 4 heteroatoms. The first-order valence-corrected chi connectivity index (χ1v) is 8.17. The minimum Gasteiger partial charge on any atom is -0.111 e. The second kappa shape index (κ2) is 7.25. The highest BCUT2D eigenvalue weighted by atomic mass is 79.9. The lowest BCUT2D eigenvalue weighted by atomic mass is 9.93. The number of hydrogen-bond donors (Lipinski definition) is 0. The average Bonchev–Trinajstić information content (AvgIpc) is 2.58. The van der Waals surface area contributed by atoms with Crippen LogP contribution in [0.5, 0.6) is 0 Å². The van der Waals surface area contributed by atoms with Gasteiger partial charge in [0.15, 0.2) is 0 Å². The van der Waals surface area contributed by atoms with Gasteiger partial charge in [-0.15, -0.1) is 11.3 Å². The average molecular weight is 344 g/mol. The van der Waals surface area contributed by atoms with Crippen LogP contribution in [0.2, 0.25) is 8.67 Å². The van der Waals surface area contributed by atoms with Gasteiger partial charge in [-0.25, -0.2) is 0 Å². The third kappa shape index (κ3) is 3.90. The fourth-order valence-electron chi connectivity index (χ4n) is 1.82. The molecule has 0 aliphatic carbocycles. The molecule has 0 spiro atoms. The number of rotatable bonds is 6. The Morgan fingerprint density at radius 1 is 1.38 bits per heavy atom. The first-order chi connectivity index (χ1) is 7.60. The zero-order valence-corrected chi connectivity index (χ0v) is 13.5. The SMILES string of the molecule is CCCCC(CC)C(Br)c1cc(Cl)sc1Cl. The second-order valence-corrected chi connectivity index (χ2v) is 7.26. The summed E-state index contributed by atoms with van der Waals surface area (Å²) in [6.45, 7) is 4.46. The number of thiophene rings is 1. The van der Waals surface area contributed by atoms with E-state index in [0.717, 1.165) is 14.2 Å². The molecule has 2 atom stereocenters. The molecule has 0 fully saturated rings. The van der Waals surface area contributed by atoms with Crippen LogP contribution >= 0.6 is 50.5 Å². The van der Waals surface area contributed by atoms with Crippen LogP contribution in [0.25, 0.3) is 0 Å². The predicted octanol–water partition coefficient (Wildman–Crippen LogP) is 6.71. The van der Waals surface area contributed by atoms with Crippen molar-refractivity contribution in [3.8, 4) is 0 Å². The van der Waals surface area contributed by atoms with E-state index in [9.17, 15) is 0 Å². The largest absolute Gasteiger partial charge is 0.111 e. The maximum Gasteiger partial charge on any atom is 0.0987 e. The van der Waals surface area contributed by atoms with Gasteiger partial charge < -0.3 is 0 Å². The Hall–Kier alpha value is 0.760. The number of unbranched alkanes of at least 4 members (excludes halogenated alkanes) is 1. The highest BCUT2D eigenvalue weighted by molar-refractivity contribution is 9.09. The maximum atomic E-state index is 6.18. The van der Waals surface area contributed by atoms with Gasteiger partial charge in [-0.1, -0.05) is 72.2 Å². The lowest BCUT2D eigenvalue weighted by Gasteiger charge is -2.20. The van der Waals surface area contributed by atoms with E-state index in [4.69, 9.17) is 23.2 Å². The maximum absolute atomic E-state index is 6.18. The Morgan fingerprint density at radius 2 is 2.06 bits per heavy atom. The summed E-state index contributed by atoms with van der Waals surface area (Å²) < 4.78 is 1.59. The van der Waals surface area contributed by atoms with Gasteiger partial charge in [0.05, 0.1) is 8.67 Å². The van der Waals surface area contributed by atoms with Crippen molar-refractivity contribution in [1.29, 1.82) is 0 Å². The highest BCUT2D eigenvalue weighted by Crippen LogP contribution is 2.44. The molecule has 92 valence electrons. The van der Waals surface area contributed by atoms with E-state index in [-0.39, 0.29) is 0 Å². The van der Waals surface area contributed by atoms with Crippen molar-refractivity contribution in [1.82, 2.24) is 0 Å². The van der Waals surface area contributed by atoms with Crippen molar-refractivity contribution in [2.45, 2.75) is 44.4 Å². The summed E-state index contributed by atoms with van der Waals surface area (Å²) in [4.78, 5) is 0.334. The third-order valence-electron chi connectivity index (χ3n) is 2.85. The van der Waals surface area contributed by atoms with Crippen molar-refractivity contribution in [3.05, 3.63) is 20.3 Å². The minimum atomic E-state index is 0.334. The molecule has 0 bridgehead atoms. The fraction of sp³-hybridized carbons (Fsp3) is 0.667. The lowest BCUT2D eigenvalue weighted by molar-refractivity contribution is 0.446. The lowest BCUT2D eigenvalue weighted by Crippen LogP contribution is -2.06. The molecule has 1 rings (SSSR count). The van der Waals surface area contributed by atoms with Crippen LogP contribution in [0, 0.1) is 5.92 Å². The van der Waals surface area contributed by atoms with Gasteiger partial charge in [0.1, 0.15) is 0 Å².